The fourth-order valence-electron chi connectivity index (χ4n) is 1.51. The number of carbonyl (C=O) groups excluding carboxylic acids is 2. The second-order valence-corrected chi connectivity index (χ2v) is 5.42. The van der Waals surface area contributed by atoms with Crippen molar-refractivity contribution in [3.8, 4) is 0 Å². The lowest BCUT2D eigenvalue weighted by molar-refractivity contribution is -0.305. The molecule has 0 bridgehead atoms. The van der Waals surface area contributed by atoms with Gasteiger partial charge in [-0.05, 0) is 17.7 Å². The molecule has 0 unspecified atom stereocenters. The predicted molar refractivity (Wildman–Crippen MR) is 73.7 cm³/mol. The maximum Gasteiger partial charge on any atom is 0.266 e. The average Bonchev–Trinajstić information content (AvgIpc) is 2.63. The summed E-state index contributed by atoms with van der Waals surface area (Å²) in [5, 5.41) is 10.4. The zero-order chi connectivity index (χ0) is 13.8. The Hall–Kier alpha value is -1.73. The number of rotatable bonds is 4. The Morgan fingerprint density at radius 1 is 1.58 bits per heavy atom. The van der Waals surface area contributed by atoms with Crippen molar-refractivity contribution in [1.82, 2.24) is 9.88 Å². The predicted octanol–water partition coefficient (Wildman–Crippen LogP) is 0.423. The van der Waals surface area contributed by atoms with Gasteiger partial charge in [0.1, 0.15) is 4.32 Å². The second kappa shape index (κ2) is 5.94. The van der Waals surface area contributed by atoms with Crippen LogP contribution in [-0.2, 0) is 9.59 Å². The van der Waals surface area contributed by atoms with Gasteiger partial charge >= 0.3 is 0 Å². The van der Waals surface area contributed by atoms with Crippen LogP contribution in [0.15, 0.2) is 29.4 Å². The van der Waals surface area contributed by atoms with E-state index >= 15 is 0 Å². The number of aromatic nitrogens is 1. The van der Waals surface area contributed by atoms with E-state index in [0.717, 1.165) is 17.3 Å². The molecule has 2 rings (SSSR count). The quantitative estimate of drug-likeness (QED) is 0.592. The number of hydrogen-bond donors (Lipinski definition) is 0. The molecule has 0 radical (unpaired) electrons. The molecule has 1 fully saturated rings. The van der Waals surface area contributed by atoms with Crippen molar-refractivity contribution in [1.29, 1.82) is 0 Å². The summed E-state index contributed by atoms with van der Waals surface area (Å²) in [5.74, 6) is -1.48. The zero-order valence-electron chi connectivity index (χ0n) is 9.74. The third-order valence-electron chi connectivity index (χ3n) is 2.40. The monoisotopic (exact) mass is 293 g/mol. The van der Waals surface area contributed by atoms with Crippen LogP contribution in [0.5, 0.6) is 0 Å². The minimum Gasteiger partial charge on any atom is -0.550 e. The van der Waals surface area contributed by atoms with Gasteiger partial charge in [-0.3, -0.25) is 14.7 Å². The molecule has 1 aliphatic rings. The summed E-state index contributed by atoms with van der Waals surface area (Å²) in [6.07, 6.45) is 4.73. The Morgan fingerprint density at radius 3 is 3.00 bits per heavy atom. The van der Waals surface area contributed by atoms with Gasteiger partial charge in [0, 0.05) is 31.3 Å². The summed E-state index contributed by atoms with van der Waals surface area (Å²) in [6, 6.07) is 3.59. The van der Waals surface area contributed by atoms with Crippen molar-refractivity contribution in [2.75, 3.05) is 6.54 Å². The normalized spacial score (nSPS) is 17.3. The zero-order valence-corrected chi connectivity index (χ0v) is 11.4. The van der Waals surface area contributed by atoms with E-state index in [2.05, 4.69) is 4.98 Å². The lowest BCUT2D eigenvalue weighted by atomic mass is 10.2. The van der Waals surface area contributed by atoms with Crippen molar-refractivity contribution < 1.29 is 14.7 Å². The molecule has 19 heavy (non-hydrogen) atoms. The van der Waals surface area contributed by atoms with Crippen molar-refractivity contribution in [2.24, 2.45) is 0 Å². The van der Waals surface area contributed by atoms with Crippen LogP contribution in [0.4, 0.5) is 0 Å². The molecule has 0 spiro atoms. The van der Waals surface area contributed by atoms with E-state index in [4.69, 9.17) is 12.2 Å². The van der Waals surface area contributed by atoms with E-state index in [0.29, 0.717) is 9.23 Å². The van der Waals surface area contributed by atoms with Gasteiger partial charge in [-0.25, -0.2) is 0 Å². The highest BCUT2D eigenvalue weighted by atomic mass is 32.2. The summed E-state index contributed by atoms with van der Waals surface area (Å²) in [4.78, 5) is 28.2. The molecular formula is C12H9N2O3S2-. The molecule has 1 aromatic rings. The van der Waals surface area contributed by atoms with Crippen LogP contribution in [-0.4, -0.2) is 32.6 Å². The van der Waals surface area contributed by atoms with Crippen molar-refractivity contribution >= 4 is 46.3 Å². The number of nitrogens with zero attached hydrogens (tertiary/aromatic N) is 2. The average molecular weight is 293 g/mol. The van der Waals surface area contributed by atoms with Gasteiger partial charge in [0.2, 0.25) is 0 Å². The molecule has 2 heterocycles. The minimum absolute atomic E-state index is 0.0391. The van der Waals surface area contributed by atoms with Crippen LogP contribution in [0.2, 0.25) is 0 Å². The first kappa shape index (κ1) is 13.7. The maximum absolute atomic E-state index is 12.0. The molecule has 98 valence electrons. The number of aliphatic carboxylic acids is 1. The highest BCUT2D eigenvalue weighted by Gasteiger charge is 2.31. The molecule has 1 amide bonds. The first-order valence-electron chi connectivity index (χ1n) is 5.43. The Morgan fingerprint density at radius 2 is 2.37 bits per heavy atom. The fourth-order valence-corrected chi connectivity index (χ4v) is 2.82. The SMILES string of the molecule is O=C([O-])CCN1C(=O)/C(=C\c2cccnc2)SC1=S. The lowest BCUT2D eigenvalue weighted by Crippen LogP contribution is -2.33. The van der Waals surface area contributed by atoms with Crippen LogP contribution >= 0.6 is 24.0 Å². The van der Waals surface area contributed by atoms with Gasteiger partial charge in [-0.15, -0.1) is 0 Å². The van der Waals surface area contributed by atoms with Crippen molar-refractivity contribution in [2.45, 2.75) is 6.42 Å². The number of thiocarbonyl (C=S) groups is 1. The summed E-state index contributed by atoms with van der Waals surface area (Å²) in [7, 11) is 0. The summed E-state index contributed by atoms with van der Waals surface area (Å²) < 4.78 is 0.362. The fraction of sp³-hybridized carbons (Fsp3) is 0.167. The molecule has 0 aliphatic carbocycles. The number of hydrogen-bond acceptors (Lipinski definition) is 6. The summed E-state index contributed by atoms with van der Waals surface area (Å²) in [5.41, 5.74) is 0.794. The van der Waals surface area contributed by atoms with Gasteiger partial charge in [0.05, 0.1) is 4.91 Å². The van der Waals surface area contributed by atoms with Crippen LogP contribution in [0.1, 0.15) is 12.0 Å². The smallest absolute Gasteiger partial charge is 0.266 e. The van der Waals surface area contributed by atoms with Gasteiger partial charge < -0.3 is 9.90 Å². The van der Waals surface area contributed by atoms with Crippen molar-refractivity contribution in [3.05, 3.63) is 35.0 Å². The second-order valence-electron chi connectivity index (χ2n) is 3.74. The molecule has 7 heteroatoms. The van der Waals surface area contributed by atoms with Crippen LogP contribution in [0.3, 0.4) is 0 Å². The Labute approximate surface area is 119 Å². The molecule has 5 nitrogen and oxygen atoms in total. The molecule has 0 aromatic carbocycles. The summed E-state index contributed by atoms with van der Waals surface area (Å²) in [6.45, 7) is 0.0391. The van der Waals surface area contributed by atoms with E-state index in [1.807, 2.05) is 6.07 Å². The number of carboxylic acids is 1. The van der Waals surface area contributed by atoms with Gasteiger partial charge in [-0.2, -0.15) is 0 Å². The molecule has 1 aliphatic heterocycles. The minimum atomic E-state index is -1.20. The Kier molecular flexibility index (Phi) is 4.28. The molecule has 1 aromatic heterocycles. The number of carboxylic acid groups (broad SMARTS) is 1. The number of pyridine rings is 1. The first-order chi connectivity index (χ1) is 9.08. The van der Waals surface area contributed by atoms with Gasteiger partial charge in [0.25, 0.3) is 5.91 Å². The Bertz CT molecular complexity index is 557. The van der Waals surface area contributed by atoms with E-state index in [1.54, 1.807) is 24.5 Å². The van der Waals surface area contributed by atoms with Crippen molar-refractivity contribution in [3.63, 3.8) is 0 Å². The lowest BCUT2D eigenvalue weighted by Gasteiger charge is -2.14. The number of thioether (sulfide) groups is 1. The number of carbonyl (C=O) groups is 2. The van der Waals surface area contributed by atoms with Gasteiger partial charge in [0.15, 0.2) is 0 Å². The molecule has 0 saturated carbocycles. The molecule has 1 saturated heterocycles. The third-order valence-corrected chi connectivity index (χ3v) is 3.77. The van der Waals surface area contributed by atoms with E-state index < -0.39 is 5.97 Å². The third kappa shape index (κ3) is 3.39. The number of amides is 1. The first-order valence-corrected chi connectivity index (χ1v) is 6.65. The van der Waals surface area contributed by atoms with Gasteiger partial charge in [-0.1, -0.05) is 30.0 Å². The van der Waals surface area contributed by atoms with Crippen LogP contribution < -0.4 is 5.11 Å². The highest BCUT2D eigenvalue weighted by molar-refractivity contribution is 8.26. The van der Waals surface area contributed by atoms with E-state index in [-0.39, 0.29) is 18.9 Å². The molecular weight excluding hydrogens is 284 g/mol. The Balaban J connectivity index is 2.14. The highest BCUT2D eigenvalue weighted by Crippen LogP contribution is 2.32. The topological polar surface area (TPSA) is 73.3 Å². The standard InChI is InChI=1S/C12H10N2O3S2/c15-10(16)3-5-14-11(17)9(19-12(14)18)6-8-2-1-4-13-7-8/h1-2,4,6-7H,3,5H2,(H,15,16)/p-1/b9-6+. The summed E-state index contributed by atoms with van der Waals surface area (Å²) >= 11 is 6.22. The van der Waals surface area contributed by atoms with Crippen LogP contribution in [0, 0.1) is 0 Å². The molecule has 0 N–H and O–H groups in total. The molecule has 0 atom stereocenters. The maximum atomic E-state index is 12.0. The van der Waals surface area contributed by atoms with Crippen LogP contribution in [0.25, 0.3) is 6.08 Å². The van der Waals surface area contributed by atoms with E-state index in [1.165, 1.54) is 4.90 Å². The van der Waals surface area contributed by atoms with E-state index in [9.17, 15) is 14.7 Å². The largest absolute Gasteiger partial charge is 0.550 e.